The Balaban J connectivity index is 2.41. The molecule has 0 unspecified atom stereocenters. The van der Waals surface area contributed by atoms with E-state index < -0.39 is 16.1 Å². The van der Waals surface area contributed by atoms with Gasteiger partial charge in [-0.3, -0.25) is 0 Å². The molecule has 0 aliphatic heterocycles. The monoisotopic (exact) mass is 471 g/mol. The van der Waals surface area contributed by atoms with E-state index in [0.717, 1.165) is 0 Å². The summed E-state index contributed by atoms with van der Waals surface area (Å²) in [5.41, 5.74) is 1.96. The van der Waals surface area contributed by atoms with Gasteiger partial charge in [-0.05, 0) is 65.9 Å². The quantitative estimate of drug-likeness (QED) is 0.465. The molecule has 2 rings (SSSR count). The molecular formula is C18H26BrN5O3S. The number of rotatable bonds is 8. The van der Waals surface area contributed by atoms with Crippen LogP contribution in [0.15, 0.2) is 27.7 Å². The molecule has 0 aliphatic carbocycles. The van der Waals surface area contributed by atoms with Crippen molar-refractivity contribution in [3.8, 4) is 0 Å². The Morgan fingerprint density at radius 2 is 1.79 bits per heavy atom. The number of hydrogen-bond donors (Lipinski definition) is 4. The first-order chi connectivity index (χ1) is 13.1. The van der Waals surface area contributed by atoms with Gasteiger partial charge >= 0.3 is 0 Å². The summed E-state index contributed by atoms with van der Waals surface area (Å²) in [6, 6.07) is 3.29. The molecule has 1 aromatic heterocycles. The Labute approximate surface area is 174 Å². The van der Waals surface area contributed by atoms with Crippen molar-refractivity contribution in [2.24, 2.45) is 5.14 Å². The number of halogens is 1. The van der Waals surface area contributed by atoms with Gasteiger partial charge in [-0.25, -0.2) is 18.5 Å². The van der Waals surface area contributed by atoms with E-state index in [1.165, 1.54) is 0 Å². The maximum atomic E-state index is 12.0. The summed E-state index contributed by atoms with van der Waals surface area (Å²) < 4.78 is 24.7. The van der Waals surface area contributed by atoms with Crippen LogP contribution in [-0.4, -0.2) is 35.6 Å². The SMILES string of the molecule is CCc1cc(Nc2ncc(Br)c(N[C@H](C)[C@@H](C)O)n2)cc(CC)c1S(N)(=O)=O. The number of primary sulfonamides is 1. The number of aromatic nitrogens is 2. The van der Waals surface area contributed by atoms with Crippen molar-refractivity contribution >= 4 is 43.4 Å². The molecule has 10 heteroatoms. The summed E-state index contributed by atoms with van der Waals surface area (Å²) in [6.45, 7) is 7.29. The fraction of sp³-hybridized carbons (Fsp3) is 0.444. The minimum Gasteiger partial charge on any atom is -0.391 e. The topological polar surface area (TPSA) is 130 Å². The Kier molecular flexibility index (Phi) is 7.38. The number of nitrogens with two attached hydrogens (primary N) is 1. The highest BCUT2D eigenvalue weighted by molar-refractivity contribution is 9.10. The van der Waals surface area contributed by atoms with E-state index in [0.29, 0.717) is 45.9 Å². The van der Waals surface area contributed by atoms with Gasteiger partial charge in [-0.1, -0.05) is 13.8 Å². The summed E-state index contributed by atoms with van der Waals surface area (Å²) in [7, 11) is -3.81. The molecule has 0 saturated carbocycles. The number of aliphatic hydroxyl groups excluding tert-OH is 1. The number of aryl methyl sites for hydroxylation is 2. The molecule has 2 aromatic rings. The second kappa shape index (κ2) is 9.17. The number of aliphatic hydroxyl groups is 1. The van der Waals surface area contributed by atoms with Crippen LogP contribution in [0.25, 0.3) is 0 Å². The summed E-state index contributed by atoms with van der Waals surface area (Å²) in [4.78, 5) is 8.88. The van der Waals surface area contributed by atoms with E-state index >= 15 is 0 Å². The average molecular weight is 472 g/mol. The van der Waals surface area contributed by atoms with Crippen LogP contribution in [0.1, 0.15) is 38.8 Å². The summed E-state index contributed by atoms with van der Waals surface area (Å²) in [5.74, 6) is 0.884. The molecule has 154 valence electrons. The van der Waals surface area contributed by atoms with Gasteiger partial charge in [0.25, 0.3) is 0 Å². The van der Waals surface area contributed by atoms with Crippen LogP contribution >= 0.6 is 15.9 Å². The highest BCUT2D eigenvalue weighted by Crippen LogP contribution is 2.28. The molecule has 28 heavy (non-hydrogen) atoms. The van der Waals surface area contributed by atoms with Crippen LogP contribution in [0.5, 0.6) is 0 Å². The molecule has 8 nitrogen and oxygen atoms in total. The predicted octanol–water partition coefficient (Wildman–Crippen LogP) is 2.94. The molecule has 0 amide bonds. The maximum Gasteiger partial charge on any atom is 0.238 e. The van der Waals surface area contributed by atoms with Gasteiger partial charge in [0, 0.05) is 11.9 Å². The first kappa shape index (κ1) is 22.5. The normalized spacial score (nSPS) is 13.8. The molecular weight excluding hydrogens is 446 g/mol. The van der Waals surface area contributed by atoms with Gasteiger partial charge in [0.1, 0.15) is 5.82 Å². The lowest BCUT2D eigenvalue weighted by Gasteiger charge is -2.19. The second-order valence-electron chi connectivity index (χ2n) is 6.56. The van der Waals surface area contributed by atoms with Crippen molar-refractivity contribution in [3.63, 3.8) is 0 Å². The highest BCUT2D eigenvalue weighted by Gasteiger charge is 2.19. The molecule has 0 aliphatic rings. The molecule has 0 saturated heterocycles. The standard InChI is InChI=1S/C18H26BrN5O3S/c1-5-12-7-14(8-13(6-2)16(12)28(20,26)27)23-18-21-9-15(19)17(24-18)22-10(3)11(4)25/h7-11,25H,5-6H2,1-4H3,(H2,20,26,27)(H2,21,22,23,24)/t10-,11-/m1/s1. The van der Waals surface area contributed by atoms with Crippen molar-refractivity contribution in [1.29, 1.82) is 0 Å². The van der Waals surface area contributed by atoms with Crippen LogP contribution in [-0.2, 0) is 22.9 Å². The Morgan fingerprint density at radius 1 is 1.21 bits per heavy atom. The van der Waals surface area contributed by atoms with E-state index in [4.69, 9.17) is 5.14 Å². The van der Waals surface area contributed by atoms with Crippen molar-refractivity contribution < 1.29 is 13.5 Å². The molecule has 0 bridgehead atoms. The molecule has 0 spiro atoms. The van der Waals surface area contributed by atoms with E-state index in [2.05, 4.69) is 36.5 Å². The van der Waals surface area contributed by atoms with E-state index in [9.17, 15) is 13.5 Å². The molecule has 2 atom stereocenters. The maximum absolute atomic E-state index is 12.0. The fourth-order valence-electron chi connectivity index (χ4n) is 2.71. The van der Waals surface area contributed by atoms with Gasteiger partial charge < -0.3 is 15.7 Å². The smallest absolute Gasteiger partial charge is 0.238 e. The molecule has 1 heterocycles. The summed E-state index contributed by atoms with van der Waals surface area (Å²) in [5, 5.41) is 21.3. The lowest BCUT2D eigenvalue weighted by Crippen LogP contribution is -2.28. The minimum absolute atomic E-state index is 0.188. The molecule has 0 radical (unpaired) electrons. The van der Waals surface area contributed by atoms with Crippen LogP contribution < -0.4 is 15.8 Å². The van der Waals surface area contributed by atoms with Gasteiger partial charge in [0.15, 0.2) is 0 Å². The van der Waals surface area contributed by atoms with Gasteiger partial charge in [-0.15, -0.1) is 0 Å². The number of nitrogens with zero attached hydrogens (tertiary/aromatic N) is 2. The van der Waals surface area contributed by atoms with Crippen LogP contribution in [0.4, 0.5) is 17.5 Å². The minimum atomic E-state index is -3.81. The van der Waals surface area contributed by atoms with Crippen LogP contribution in [0, 0.1) is 0 Å². The first-order valence-electron chi connectivity index (χ1n) is 8.99. The third-order valence-corrected chi connectivity index (χ3v) is 6.05. The van der Waals surface area contributed by atoms with Gasteiger partial charge in [0.2, 0.25) is 16.0 Å². The average Bonchev–Trinajstić information content (AvgIpc) is 2.62. The van der Waals surface area contributed by atoms with Gasteiger partial charge in [-0.2, -0.15) is 4.98 Å². The van der Waals surface area contributed by atoms with Crippen molar-refractivity contribution in [2.75, 3.05) is 10.6 Å². The molecule has 5 N–H and O–H groups in total. The Bertz CT molecular complexity index is 925. The fourth-order valence-corrected chi connectivity index (χ4v) is 4.15. The lowest BCUT2D eigenvalue weighted by atomic mass is 10.1. The Morgan fingerprint density at radius 3 is 2.25 bits per heavy atom. The number of anilines is 3. The largest absolute Gasteiger partial charge is 0.391 e. The zero-order valence-electron chi connectivity index (χ0n) is 16.3. The van der Waals surface area contributed by atoms with Gasteiger partial charge in [0.05, 0.1) is 21.5 Å². The zero-order chi connectivity index (χ0) is 21.1. The number of nitrogens with one attached hydrogen (secondary N) is 2. The number of sulfonamides is 1. The van der Waals surface area contributed by atoms with Crippen molar-refractivity contribution in [2.45, 2.75) is 57.6 Å². The van der Waals surface area contributed by atoms with Crippen LogP contribution in [0.2, 0.25) is 0 Å². The summed E-state index contributed by atoms with van der Waals surface area (Å²) in [6.07, 6.45) is 2.10. The Hall–Kier alpha value is -1.75. The highest BCUT2D eigenvalue weighted by atomic mass is 79.9. The second-order valence-corrected chi connectivity index (χ2v) is 8.92. The molecule has 0 fully saturated rings. The number of benzene rings is 1. The third-order valence-electron chi connectivity index (χ3n) is 4.38. The first-order valence-corrected chi connectivity index (χ1v) is 11.3. The summed E-state index contributed by atoms with van der Waals surface area (Å²) >= 11 is 3.39. The zero-order valence-corrected chi connectivity index (χ0v) is 18.7. The molecule has 1 aromatic carbocycles. The van der Waals surface area contributed by atoms with E-state index in [1.807, 2.05) is 20.8 Å². The van der Waals surface area contributed by atoms with Crippen molar-refractivity contribution in [3.05, 3.63) is 33.9 Å². The third kappa shape index (κ3) is 5.40. The van der Waals surface area contributed by atoms with E-state index in [-0.39, 0.29) is 10.9 Å². The lowest BCUT2D eigenvalue weighted by molar-refractivity contribution is 0.177. The number of hydrogen-bond acceptors (Lipinski definition) is 7. The van der Waals surface area contributed by atoms with Crippen LogP contribution in [0.3, 0.4) is 0 Å². The predicted molar refractivity (Wildman–Crippen MR) is 114 cm³/mol. The van der Waals surface area contributed by atoms with Crippen molar-refractivity contribution in [1.82, 2.24) is 9.97 Å². The van der Waals surface area contributed by atoms with E-state index in [1.54, 1.807) is 25.3 Å².